The summed E-state index contributed by atoms with van der Waals surface area (Å²) in [4.78, 5) is 46.3. The van der Waals surface area contributed by atoms with E-state index in [1.807, 2.05) is 0 Å². The van der Waals surface area contributed by atoms with Crippen LogP contribution in [0.3, 0.4) is 0 Å². The maximum atomic E-state index is 12.1. The maximum Gasteiger partial charge on any atom is 0.513 e. The zero-order chi connectivity index (χ0) is 35.0. The molecule has 0 radical (unpaired) electrons. The van der Waals surface area contributed by atoms with Crippen molar-refractivity contribution in [2.75, 3.05) is 39.6 Å². The number of hydrogen-bond donors (Lipinski definition) is 0. The van der Waals surface area contributed by atoms with Gasteiger partial charge < -0.3 is 37.9 Å². The van der Waals surface area contributed by atoms with Gasteiger partial charge in [-0.05, 0) is 87.1 Å². The summed E-state index contributed by atoms with van der Waals surface area (Å²) in [5.74, 6) is -0.0604. The largest absolute Gasteiger partial charge is 0.513 e. The second-order valence-corrected chi connectivity index (χ2v) is 9.33. The number of ether oxygens (including phenoxy) is 8. The molecule has 2 rings (SSSR count). The molecule has 0 N–H and O–H groups in total. The van der Waals surface area contributed by atoms with Crippen molar-refractivity contribution in [3.05, 3.63) is 72.8 Å². The number of rotatable bonds is 21. The van der Waals surface area contributed by atoms with Crippen molar-refractivity contribution in [2.45, 2.75) is 39.5 Å². The Morgan fingerprint density at radius 1 is 0.583 bits per heavy atom. The van der Waals surface area contributed by atoms with Crippen LogP contribution >= 0.6 is 0 Å². The van der Waals surface area contributed by atoms with Crippen molar-refractivity contribution in [1.29, 1.82) is 0 Å². The first kappa shape index (κ1) is 38.5. The minimum absolute atomic E-state index is 0.0880. The fraction of sp³-hybridized carbons (Fsp3) is 0.353. The van der Waals surface area contributed by atoms with Gasteiger partial charge in [-0.25, -0.2) is 19.2 Å². The zero-order valence-corrected chi connectivity index (χ0v) is 27.1. The Morgan fingerprint density at radius 2 is 0.958 bits per heavy atom. The molecule has 0 spiro atoms. The molecule has 0 unspecified atom stereocenters. The average Bonchev–Trinajstić information content (AvgIpc) is 3.08. The van der Waals surface area contributed by atoms with E-state index in [-0.39, 0.29) is 37.9 Å². The average molecular weight is 669 g/mol. The van der Waals surface area contributed by atoms with Gasteiger partial charge in [0.1, 0.15) is 0 Å². The molecule has 0 fully saturated rings. The Kier molecular flexibility index (Phi) is 18.3. The highest BCUT2D eigenvalue weighted by molar-refractivity contribution is 5.84. The van der Waals surface area contributed by atoms with E-state index in [1.54, 1.807) is 50.2 Å². The first-order chi connectivity index (χ1) is 23.3. The van der Waals surface area contributed by atoms with Crippen LogP contribution < -0.4 is 18.9 Å². The summed E-state index contributed by atoms with van der Waals surface area (Å²) >= 11 is 0. The van der Waals surface area contributed by atoms with E-state index < -0.39 is 24.2 Å². The topological polar surface area (TPSA) is 167 Å². The highest BCUT2D eigenvalue weighted by Gasteiger charge is 2.14. The lowest BCUT2D eigenvalue weighted by molar-refractivity contribution is -0.138. The first-order valence-electron chi connectivity index (χ1n) is 15.2. The van der Waals surface area contributed by atoms with E-state index in [1.165, 1.54) is 12.4 Å². The van der Waals surface area contributed by atoms with Gasteiger partial charge in [0.2, 0.25) is 0 Å². The third-order valence-corrected chi connectivity index (χ3v) is 5.74. The van der Waals surface area contributed by atoms with Crippen LogP contribution in [0.4, 0.5) is 9.59 Å². The highest BCUT2D eigenvalue weighted by Crippen LogP contribution is 2.29. The van der Waals surface area contributed by atoms with E-state index in [4.69, 9.17) is 37.9 Å². The molecule has 14 heteroatoms. The molecule has 48 heavy (non-hydrogen) atoms. The molecule has 0 aliphatic rings. The van der Waals surface area contributed by atoms with Gasteiger partial charge in [0, 0.05) is 12.2 Å². The molecule has 0 heterocycles. The van der Waals surface area contributed by atoms with Gasteiger partial charge >= 0.3 is 24.2 Å². The third kappa shape index (κ3) is 15.6. The van der Waals surface area contributed by atoms with Crippen LogP contribution in [-0.4, -0.2) is 76.3 Å². The summed E-state index contributed by atoms with van der Waals surface area (Å²) in [5.41, 5.74) is 1.25. The molecule has 258 valence electrons. The Bertz CT molecular complexity index is 1330. The number of benzene rings is 2. The lowest BCUT2D eigenvalue weighted by Crippen LogP contribution is -2.13. The maximum absolute atomic E-state index is 12.1. The first-order valence-corrected chi connectivity index (χ1v) is 15.2. The van der Waals surface area contributed by atoms with Crippen LogP contribution in [0.2, 0.25) is 0 Å². The molecule has 2 aromatic carbocycles. The highest BCUT2D eigenvalue weighted by atomic mass is 16.7. The van der Waals surface area contributed by atoms with E-state index in [0.29, 0.717) is 61.5 Å². The molecular formula is C34H40N2O12. The Morgan fingerprint density at radius 3 is 1.31 bits per heavy atom. The fourth-order valence-electron chi connectivity index (χ4n) is 3.54. The molecule has 0 saturated heterocycles. The molecule has 0 amide bonds. The summed E-state index contributed by atoms with van der Waals surface area (Å²) in [7, 11) is 0. The fourth-order valence-corrected chi connectivity index (χ4v) is 3.54. The Hall–Kier alpha value is -5.66. The summed E-state index contributed by atoms with van der Waals surface area (Å²) in [6, 6.07) is 9.68. The quantitative estimate of drug-likeness (QED) is 0.0291. The van der Waals surface area contributed by atoms with Crippen LogP contribution in [0, 0.1) is 0 Å². The molecule has 14 nitrogen and oxygen atoms in total. The number of nitrogens with zero attached hydrogens (tertiary/aromatic N) is 2. The molecule has 2 aromatic rings. The lowest BCUT2D eigenvalue weighted by Gasteiger charge is -2.11. The molecule has 0 aliphatic carbocycles. The van der Waals surface area contributed by atoms with Gasteiger partial charge in [0.25, 0.3) is 0 Å². The van der Waals surface area contributed by atoms with Crippen molar-refractivity contribution in [2.24, 2.45) is 10.2 Å². The van der Waals surface area contributed by atoms with Crippen LogP contribution in [0.1, 0.15) is 50.7 Å². The van der Waals surface area contributed by atoms with Gasteiger partial charge in [0.15, 0.2) is 23.0 Å². The van der Waals surface area contributed by atoms with E-state index >= 15 is 0 Å². The summed E-state index contributed by atoms with van der Waals surface area (Å²) in [6.07, 6.45) is 5.32. The summed E-state index contributed by atoms with van der Waals surface area (Å²) in [6.45, 7) is 11.4. The number of unbranched alkanes of at least 4 members (excludes halogenated alkanes) is 2. The lowest BCUT2D eigenvalue weighted by atomic mass is 10.2. The molecule has 0 saturated carbocycles. The minimum atomic E-state index is -0.898. The second-order valence-electron chi connectivity index (χ2n) is 9.33. The van der Waals surface area contributed by atoms with Gasteiger partial charge in [-0.15, -0.1) is 0 Å². The van der Waals surface area contributed by atoms with Gasteiger partial charge in [0.05, 0.1) is 52.1 Å². The summed E-state index contributed by atoms with van der Waals surface area (Å²) < 4.78 is 41.6. The predicted octanol–water partition coefficient (Wildman–Crippen LogP) is 5.99. The van der Waals surface area contributed by atoms with Crippen molar-refractivity contribution in [1.82, 2.24) is 0 Å². The van der Waals surface area contributed by atoms with Gasteiger partial charge in [-0.1, -0.05) is 13.2 Å². The van der Waals surface area contributed by atoms with Crippen molar-refractivity contribution >= 4 is 36.7 Å². The predicted molar refractivity (Wildman–Crippen MR) is 175 cm³/mol. The Labute approximate surface area is 278 Å². The monoisotopic (exact) mass is 668 g/mol. The van der Waals surface area contributed by atoms with E-state index in [0.717, 1.165) is 12.2 Å². The van der Waals surface area contributed by atoms with Gasteiger partial charge in [-0.3, -0.25) is 0 Å². The molecule has 0 aromatic heterocycles. The van der Waals surface area contributed by atoms with Crippen molar-refractivity contribution in [3.63, 3.8) is 0 Å². The number of carbonyl (C=O) groups excluding carboxylic acids is 4. The van der Waals surface area contributed by atoms with Crippen LogP contribution in [0.25, 0.3) is 0 Å². The minimum Gasteiger partial charge on any atom is -0.490 e. The molecule has 0 bridgehead atoms. The third-order valence-electron chi connectivity index (χ3n) is 5.74. The Balaban J connectivity index is 1.90. The number of hydrogen-bond acceptors (Lipinski definition) is 14. The number of esters is 2. The smallest absolute Gasteiger partial charge is 0.490 e. The SMILES string of the molecule is C=CC(=O)OCCCCOC(=O)Oc1ccc(/C=N/N=C/c2ccc(OC(=O)OCCCCOC(=O)C=C)c(OCC)c2)cc1OCC. The van der Waals surface area contributed by atoms with E-state index in [9.17, 15) is 19.2 Å². The van der Waals surface area contributed by atoms with Crippen LogP contribution in [0.5, 0.6) is 23.0 Å². The zero-order valence-electron chi connectivity index (χ0n) is 27.1. The molecule has 0 aliphatic heterocycles. The summed E-state index contributed by atoms with van der Waals surface area (Å²) in [5, 5.41) is 8.13. The van der Waals surface area contributed by atoms with Crippen molar-refractivity contribution in [3.8, 4) is 23.0 Å². The van der Waals surface area contributed by atoms with Crippen LogP contribution in [-0.2, 0) is 28.5 Å². The second kappa shape index (κ2) is 22.8. The molecule has 0 atom stereocenters. The van der Waals surface area contributed by atoms with Gasteiger partial charge in [-0.2, -0.15) is 10.2 Å². The van der Waals surface area contributed by atoms with Crippen molar-refractivity contribution < 1.29 is 57.1 Å². The van der Waals surface area contributed by atoms with E-state index in [2.05, 4.69) is 23.4 Å². The van der Waals surface area contributed by atoms with Crippen LogP contribution in [0.15, 0.2) is 71.9 Å². The normalized spacial score (nSPS) is 10.6. The standard InChI is InChI=1S/C34H40N2O12/c1-5-31(37)43-17-9-11-19-45-33(39)47-27-15-13-25(21-29(27)41-7-3)23-35-36-24-26-14-16-28(30(22-26)42-8-4)48-34(40)46-20-12-10-18-44-32(38)6-2/h5-6,13-16,21-24H,1-2,7-12,17-20H2,3-4H3/b35-23+,36-24+. The number of carbonyl (C=O) groups is 4. The molecular weight excluding hydrogens is 628 g/mol.